The van der Waals surface area contributed by atoms with Crippen molar-refractivity contribution in [2.75, 3.05) is 13.1 Å². The molecule has 2 fully saturated rings. The maximum Gasteiger partial charge on any atom is 0.357 e. The molecule has 0 unspecified atom stereocenters. The van der Waals surface area contributed by atoms with Gasteiger partial charge in [-0.3, -0.25) is 4.79 Å². The van der Waals surface area contributed by atoms with Crippen LogP contribution in [0, 0.1) is 0 Å². The van der Waals surface area contributed by atoms with E-state index in [0.29, 0.717) is 11.6 Å². The molecule has 1 saturated heterocycles. The fraction of sp³-hybridized carbons (Fsp3) is 0.500. The molecule has 1 saturated carbocycles. The van der Waals surface area contributed by atoms with E-state index in [0.717, 1.165) is 63.0 Å². The highest BCUT2D eigenvalue weighted by atomic mass is 16.5. The largest absolute Gasteiger partial charge is 0.448 e. The third-order valence-corrected chi connectivity index (χ3v) is 5.48. The monoisotopic (exact) mass is 381 g/mol. The molecule has 2 aromatic rings. The fourth-order valence-corrected chi connectivity index (χ4v) is 3.71. The third-order valence-electron chi connectivity index (χ3n) is 5.48. The van der Waals surface area contributed by atoms with Crippen LogP contribution in [0.4, 0.5) is 0 Å². The summed E-state index contributed by atoms with van der Waals surface area (Å²) in [7, 11) is 0. The Morgan fingerprint density at radius 2 is 1.75 bits per heavy atom. The van der Waals surface area contributed by atoms with Gasteiger partial charge in [0.15, 0.2) is 11.8 Å². The van der Waals surface area contributed by atoms with E-state index in [2.05, 4.69) is 5.10 Å². The molecular weight excluding hydrogens is 354 g/mol. The van der Waals surface area contributed by atoms with Crippen molar-refractivity contribution < 1.29 is 14.3 Å². The zero-order valence-electron chi connectivity index (χ0n) is 16.3. The zero-order valence-corrected chi connectivity index (χ0v) is 16.3. The Kier molecular flexibility index (Phi) is 5.46. The Morgan fingerprint density at radius 1 is 1.07 bits per heavy atom. The van der Waals surface area contributed by atoms with Crippen LogP contribution in [0.5, 0.6) is 0 Å². The van der Waals surface area contributed by atoms with Crippen molar-refractivity contribution in [1.29, 1.82) is 0 Å². The van der Waals surface area contributed by atoms with E-state index in [9.17, 15) is 9.59 Å². The van der Waals surface area contributed by atoms with Gasteiger partial charge < -0.3 is 9.64 Å². The van der Waals surface area contributed by atoms with Crippen molar-refractivity contribution in [3.8, 4) is 5.69 Å². The van der Waals surface area contributed by atoms with Crippen LogP contribution < -0.4 is 0 Å². The maximum absolute atomic E-state index is 12.9. The molecule has 2 heterocycles. The van der Waals surface area contributed by atoms with Crippen molar-refractivity contribution in [1.82, 2.24) is 14.7 Å². The van der Waals surface area contributed by atoms with Crippen LogP contribution in [0.3, 0.4) is 0 Å². The van der Waals surface area contributed by atoms with Crippen molar-refractivity contribution in [2.24, 2.45) is 0 Å². The number of esters is 1. The molecule has 6 nitrogen and oxygen atoms in total. The summed E-state index contributed by atoms with van der Waals surface area (Å²) in [6.07, 6.45) is 5.73. The van der Waals surface area contributed by atoms with Crippen LogP contribution in [0.15, 0.2) is 36.4 Å². The first-order valence-electron chi connectivity index (χ1n) is 10.3. The van der Waals surface area contributed by atoms with Crippen LogP contribution >= 0.6 is 0 Å². The zero-order chi connectivity index (χ0) is 19.5. The second kappa shape index (κ2) is 8.17. The lowest BCUT2D eigenvalue weighted by molar-refractivity contribution is -0.139. The van der Waals surface area contributed by atoms with Gasteiger partial charge in [-0.25, -0.2) is 9.48 Å². The summed E-state index contributed by atoms with van der Waals surface area (Å²) in [6.45, 7) is 3.15. The van der Waals surface area contributed by atoms with E-state index in [1.165, 1.54) is 0 Å². The lowest BCUT2D eigenvalue weighted by Gasteiger charge is -2.24. The molecule has 1 aliphatic heterocycles. The lowest BCUT2D eigenvalue weighted by Crippen LogP contribution is -2.40. The van der Waals surface area contributed by atoms with Crippen molar-refractivity contribution in [2.45, 2.75) is 57.5 Å². The highest BCUT2D eigenvalue weighted by Gasteiger charge is 2.31. The van der Waals surface area contributed by atoms with Gasteiger partial charge in [0.05, 0.1) is 11.4 Å². The van der Waals surface area contributed by atoms with Gasteiger partial charge >= 0.3 is 5.97 Å². The van der Waals surface area contributed by atoms with Crippen LogP contribution in [0.25, 0.3) is 5.69 Å². The first-order chi connectivity index (χ1) is 13.6. The van der Waals surface area contributed by atoms with Crippen LogP contribution in [-0.4, -0.2) is 45.8 Å². The third kappa shape index (κ3) is 4.11. The predicted molar refractivity (Wildman–Crippen MR) is 105 cm³/mol. The second-order valence-electron chi connectivity index (χ2n) is 7.76. The van der Waals surface area contributed by atoms with Crippen molar-refractivity contribution >= 4 is 11.9 Å². The molecule has 1 aromatic heterocycles. The van der Waals surface area contributed by atoms with Crippen LogP contribution in [0.1, 0.15) is 67.5 Å². The summed E-state index contributed by atoms with van der Waals surface area (Å²) >= 11 is 0. The van der Waals surface area contributed by atoms with Gasteiger partial charge in [0, 0.05) is 19.0 Å². The first-order valence-corrected chi connectivity index (χ1v) is 10.3. The molecule has 1 amide bonds. The number of hydrogen-bond acceptors (Lipinski definition) is 4. The predicted octanol–water partition coefficient (Wildman–Crippen LogP) is 3.70. The normalized spacial score (nSPS) is 18.4. The van der Waals surface area contributed by atoms with E-state index < -0.39 is 12.1 Å². The van der Waals surface area contributed by atoms with Crippen molar-refractivity contribution in [3.05, 3.63) is 47.8 Å². The highest BCUT2D eigenvalue weighted by Crippen LogP contribution is 2.39. The summed E-state index contributed by atoms with van der Waals surface area (Å²) in [5.74, 6) is -0.185. The minimum Gasteiger partial charge on any atom is -0.448 e. The maximum atomic E-state index is 12.9. The molecule has 0 N–H and O–H groups in total. The average molecular weight is 381 g/mol. The van der Waals surface area contributed by atoms with Gasteiger partial charge in [0.1, 0.15) is 0 Å². The average Bonchev–Trinajstić information content (AvgIpc) is 3.51. The Hall–Kier alpha value is -2.63. The van der Waals surface area contributed by atoms with Crippen LogP contribution in [0.2, 0.25) is 0 Å². The summed E-state index contributed by atoms with van der Waals surface area (Å²) < 4.78 is 7.21. The molecule has 0 radical (unpaired) electrons. The second-order valence-corrected chi connectivity index (χ2v) is 7.76. The number of benzene rings is 1. The molecule has 6 heteroatoms. The van der Waals surface area contributed by atoms with E-state index in [1.807, 2.05) is 41.3 Å². The van der Waals surface area contributed by atoms with E-state index >= 15 is 0 Å². The molecule has 0 bridgehead atoms. The smallest absolute Gasteiger partial charge is 0.357 e. The number of hydrogen-bond donors (Lipinski definition) is 0. The number of likely N-dealkylation sites (tertiary alicyclic amines) is 1. The minimum atomic E-state index is -0.797. The molecule has 1 aliphatic carbocycles. The fourth-order valence-electron chi connectivity index (χ4n) is 3.71. The van der Waals surface area contributed by atoms with Gasteiger partial charge in [0.25, 0.3) is 5.91 Å². The highest BCUT2D eigenvalue weighted by molar-refractivity contribution is 5.91. The topological polar surface area (TPSA) is 64.4 Å². The van der Waals surface area contributed by atoms with E-state index in [4.69, 9.17) is 4.74 Å². The van der Waals surface area contributed by atoms with E-state index in [-0.39, 0.29) is 5.91 Å². The molecule has 1 atom stereocenters. The van der Waals surface area contributed by atoms with Gasteiger partial charge in [-0.05, 0) is 50.8 Å². The molecule has 1 aromatic carbocycles. The van der Waals surface area contributed by atoms with E-state index in [1.54, 1.807) is 11.6 Å². The minimum absolute atomic E-state index is 0.108. The number of carbonyl (C=O) groups excluding carboxylic acids is 2. The molecule has 148 valence electrons. The van der Waals surface area contributed by atoms with Gasteiger partial charge in [-0.15, -0.1) is 0 Å². The summed E-state index contributed by atoms with van der Waals surface area (Å²) in [4.78, 5) is 27.5. The number of carbonyl (C=O) groups is 2. The Labute approximate surface area is 165 Å². The van der Waals surface area contributed by atoms with Gasteiger partial charge in [0.2, 0.25) is 0 Å². The molecule has 0 spiro atoms. The quantitative estimate of drug-likeness (QED) is 0.741. The number of amides is 1. The summed E-state index contributed by atoms with van der Waals surface area (Å²) in [5, 5.41) is 4.64. The SMILES string of the molecule is C[C@H](OC(=O)c1cc(C2CC2)nn1-c1ccccc1)C(=O)N1CCCCCC1. The number of rotatable bonds is 5. The Balaban J connectivity index is 1.51. The van der Waals surface area contributed by atoms with Crippen LogP contribution in [-0.2, 0) is 9.53 Å². The van der Waals surface area contributed by atoms with Crippen molar-refractivity contribution in [3.63, 3.8) is 0 Å². The van der Waals surface area contributed by atoms with Gasteiger partial charge in [-0.1, -0.05) is 31.0 Å². The number of nitrogens with zero attached hydrogens (tertiary/aromatic N) is 3. The molecule has 4 rings (SSSR count). The number of ether oxygens (including phenoxy) is 1. The lowest BCUT2D eigenvalue weighted by atomic mass is 10.2. The molecular formula is C22H27N3O3. The Bertz CT molecular complexity index is 834. The Morgan fingerprint density at radius 3 is 2.39 bits per heavy atom. The van der Waals surface area contributed by atoms with Gasteiger partial charge in [-0.2, -0.15) is 5.10 Å². The molecule has 2 aliphatic rings. The summed E-state index contributed by atoms with van der Waals surface area (Å²) in [6, 6.07) is 11.4. The number of aromatic nitrogens is 2. The standard InChI is InChI=1S/C22H27N3O3/c1-16(21(26)24-13-7-2-3-8-14-24)28-22(27)20-15-19(17-11-12-17)23-25(20)18-9-5-4-6-10-18/h4-6,9-10,15-17H,2-3,7-8,11-14H2,1H3/t16-/m0/s1. The summed E-state index contributed by atoms with van der Waals surface area (Å²) in [5.41, 5.74) is 2.11. The molecule has 28 heavy (non-hydrogen) atoms. The first kappa shape index (κ1) is 18.7. The number of para-hydroxylation sites is 1.